The first kappa shape index (κ1) is 15.8. The molecule has 0 fully saturated rings. The smallest absolute Gasteiger partial charge is 0.377 e. The maximum atomic E-state index is 13.3. The molecular formula is C11H17F2IO2. The van der Waals surface area contributed by atoms with Gasteiger partial charge >= 0.3 is 11.9 Å². The summed E-state index contributed by atoms with van der Waals surface area (Å²) in [5.41, 5.74) is 0. The van der Waals surface area contributed by atoms with Gasteiger partial charge in [-0.3, -0.25) is 0 Å². The lowest BCUT2D eigenvalue weighted by molar-refractivity contribution is -0.172. The molecule has 0 aliphatic carbocycles. The minimum atomic E-state index is -3.37. The molecule has 0 aromatic rings. The highest BCUT2D eigenvalue weighted by Crippen LogP contribution is 2.28. The molecule has 0 aliphatic heterocycles. The summed E-state index contributed by atoms with van der Waals surface area (Å²) in [5.74, 6) is -4.78. The molecule has 0 aromatic heterocycles. The van der Waals surface area contributed by atoms with Crippen LogP contribution in [0.4, 0.5) is 8.78 Å². The molecule has 0 saturated carbocycles. The summed E-state index contributed by atoms with van der Waals surface area (Å²) < 4.78 is 30.6. The molecule has 0 amide bonds. The fraction of sp³-hybridized carbons (Fsp3) is 0.727. The highest BCUT2D eigenvalue weighted by Gasteiger charge is 2.41. The van der Waals surface area contributed by atoms with Crippen LogP contribution < -0.4 is 0 Å². The Morgan fingerprint density at radius 2 is 2.25 bits per heavy atom. The average Bonchev–Trinajstić information content (AvgIpc) is 2.17. The lowest BCUT2D eigenvalue weighted by atomic mass is 10.1. The van der Waals surface area contributed by atoms with Gasteiger partial charge in [-0.2, -0.15) is 8.78 Å². The van der Waals surface area contributed by atoms with E-state index in [2.05, 4.69) is 11.3 Å². The van der Waals surface area contributed by atoms with Gasteiger partial charge in [-0.15, -0.1) is 6.58 Å². The number of alkyl halides is 3. The molecule has 0 aromatic carbocycles. The van der Waals surface area contributed by atoms with Crippen LogP contribution in [0.3, 0.4) is 0 Å². The third kappa shape index (κ3) is 6.40. The maximum Gasteiger partial charge on any atom is 0.377 e. The summed E-state index contributed by atoms with van der Waals surface area (Å²) in [4.78, 5) is 10.9. The zero-order valence-corrected chi connectivity index (χ0v) is 11.5. The molecule has 1 atom stereocenters. The van der Waals surface area contributed by atoms with Crippen LogP contribution in [0.5, 0.6) is 0 Å². The molecule has 0 N–H and O–H groups in total. The molecule has 0 radical (unpaired) electrons. The second-order valence-corrected chi connectivity index (χ2v) is 5.21. The van der Waals surface area contributed by atoms with Gasteiger partial charge in [0, 0.05) is 10.3 Å². The molecule has 5 heteroatoms. The van der Waals surface area contributed by atoms with Crippen molar-refractivity contribution in [1.29, 1.82) is 0 Å². The molecular weight excluding hydrogens is 329 g/mol. The Morgan fingerprint density at radius 3 is 2.75 bits per heavy atom. The number of hydrogen-bond donors (Lipinski definition) is 0. The molecule has 1 unspecified atom stereocenters. The van der Waals surface area contributed by atoms with Crippen molar-refractivity contribution in [3.05, 3.63) is 12.7 Å². The minimum Gasteiger partial charge on any atom is -0.462 e. The van der Waals surface area contributed by atoms with Crippen molar-refractivity contribution < 1.29 is 18.3 Å². The van der Waals surface area contributed by atoms with Gasteiger partial charge in [0.15, 0.2) is 0 Å². The standard InChI is InChI=1S/C11H17F2IO2/c1-3-5-6-7-9(14)8-11(12,13)10(15)16-4-2/h3,9H,1,4-8H2,2H3. The van der Waals surface area contributed by atoms with Crippen molar-refractivity contribution >= 4 is 28.6 Å². The van der Waals surface area contributed by atoms with Crippen LogP contribution in [-0.4, -0.2) is 22.4 Å². The first-order chi connectivity index (χ1) is 7.44. The largest absolute Gasteiger partial charge is 0.462 e. The van der Waals surface area contributed by atoms with Crippen molar-refractivity contribution in [2.45, 2.75) is 42.5 Å². The van der Waals surface area contributed by atoms with Crippen LogP contribution in [0.15, 0.2) is 12.7 Å². The molecule has 0 bridgehead atoms. The number of unbranched alkanes of at least 4 members (excludes halogenated alkanes) is 1. The molecule has 0 spiro atoms. The van der Waals surface area contributed by atoms with Crippen molar-refractivity contribution in [1.82, 2.24) is 0 Å². The van der Waals surface area contributed by atoms with Gasteiger partial charge in [0.05, 0.1) is 6.61 Å². The number of hydrogen-bond acceptors (Lipinski definition) is 2. The zero-order valence-electron chi connectivity index (χ0n) is 9.35. The molecule has 0 aliphatic rings. The second kappa shape index (κ2) is 7.97. The van der Waals surface area contributed by atoms with Crippen molar-refractivity contribution in [2.75, 3.05) is 6.61 Å². The Bertz CT molecular complexity index is 232. The number of allylic oxidation sites excluding steroid dienone is 1. The van der Waals surface area contributed by atoms with E-state index in [-0.39, 0.29) is 10.5 Å². The Hall–Kier alpha value is -0.200. The van der Waals surface area contributed by atoms with E-state index in [1.165, 1.54) is 6.92 Å². The van der Waals surface area contributed by atoms with E-state index >= 15 is 0 Å². The number of esters is 1. The quantitative estimate of drug-likeness (QED) is 0.220. The van der Waals surface area contributed by atoms with E-state index in [1.54, 1.807) is 6.08 Å². The van der Waals surface area contributed by atoms with Gasteiger partial charge in [-0.1, -0.05) is 28.7 Å². The summed E-state index contributed by atoms with van der Waals surface area (Å²) in [6.45, 7) is 5.06. The van der Waals surface area contributed by atoms with E-state index < -0.39 is 18.3 Å². The Labute approximate surface area is 109 Å². The number of ether oxygens (including phenoxy) is 1. The monoisotopic (exact) mass is 346 g/mol. The predicted molar refractivity (Wildman–Crippen MR) is 68.1 cm³/mol. The van der Waals surface area contributed by atoms with Gasteiger partial charge in [-0.05, 0) is 26.2 Å². The zero-order chi connectivity index (χ0) is 12.6. The van der Waals surface area contributed by atoms with Gasteiger partial charge in [0.25, 0.3) is 0 Å². The number of carbonyl (C=O) groups excluding carboxylic acids is 1. The topological polar surface area (TPSA) is 26.3 Å². The van der Waals surface area contributed by atoms with Crippen LogP contribution in [0.25, 0.3) is 0 Å². The van der Waals surface area contributed by atoms with Gasteiger partial charge in [0.2, 0.25) is 0 Å². The van der Waals surface area contributed by atoms with E-state index in [9.17, 15) is 13.6 Å². The number of carbonyl (C=O) groups is 1. The molecule has 94 valence electrons. The number of halogens is 3. The minimum absolute atomic E-state index is 0.0171. The van der Waals surface area contributed by atoms with Crippen LogP contribution in [0.1, 0.15) is 32.6 Å². The van der Waals surface area contributed by atoms with Crippen molar-refractivity contribution in [2.24, 2.45) is 0 Å². The summed E-state index contributed by atoms with van der Waals surface area (Å²) in [7, 11) is 0. The highest BCUT2D eigenvalue weighted by molar-refractivity contribution is 14.1. The van der Waals surface area contributed by atoms with E-state index in [4.69, 9.17) is 0 Å². The SMILES string of the molecule is C=CCCCC(I)CC(F)(F)C(=O)OCC. The van der Waals surface area contributed by atoms with Crippen molar-refractivity contribution in [3.8, 4) is 0 Å². The Balaban J connectivity index is 4.03. The Morgan fingerprint density at radius 1 is 1.62 bits per heavy atom. The van der Waals surface area contributed by atoms with Gasteiger partial charge in [-0.25, -0.2) is 4.79 Å². The normalized spacial score (nSPS) is 13.2. The molecule has 0 saturated heterocycles. The first-order valence-electron chi connectivity index (χ1n) is 5.24. The average molecular weight is 346 g/mol. The van der Waals surface area contributed by atoms with Crippen LogP contribution in [0, 0.1) is 0 Å². The van der Waals surface area contributed by atoms with E-state index in [0.29, 0.717) is 6.42 Å². The second-order valence-electron chi connectivity index (χ2n) is 3.45. The molecule has 0 rings (SSSR count). The fourth-order valence-corrected chi connectivity index (χ4v) is 2.18. The Kier molecular flexibility index (Phi) is 7.87. The molecule has 2 nitrogen and oxygen atoms in total. The van der Waals surface area contributed by atoms with Crippen molar-refractivity contribution in [3.63, 3.8) is 0 Å². The lowest BCUT2D eigenvalue weighted by Crippen LogP contribution is -2.33. The fourth-order valence-electron chi connectivity index (χ4n) is 1.18. The summed E-state index contributed by atoms with van der Waals surface area (Å²) in [6.07, 6.45) is 3.58. The van der Waals surface area contributed by atoms with Crippen LogP contribution >= 0.6 is 22.6 Å². The van der Waals surface area contributed by atoms with E-state index in [0.717, 1.165) is 12.8 Å². The van der Waals surface area contributed by atoms with Crippen LogP contribution in [0.2, 0.25) is 0 Å². The maximum absolute atomic E-state index is 13.3. The predicted octanol–water partition coefficient (Wildman–Crippen LogP) is 3.73. The first-order valence-corrected chi connectivity index (χ1v) is 6.48. The third-order valence-electron chi connectivity index (χ3n) is 1.98. The van der Waals surface area contributed by atoms with Gasteiger partial charge in [0.1, 0.15) is 0 Å². The molecule has 16 heavy (non-hydrogen) atoms. The highest BCUT2D eigenvalue weighted by atomic mass is 127. The number of rotatable bonds is 8. The van der Waals surface area contributed by atoms with E-state index in [1.807, 2.05) is 22.6 Å². The summed E-state index contributed by atoms with van der Waals surface area (Å²) >= 11 is 1.95. The lowest BCUT2D eigenvalue weighted by Gasteiger charge is -2.17. The van der Waals surface area contributed by atoms with Gasteiger partial charge < -0.3 is 4.74 Å². The van der Waals surface area contributed by atoms with Crippen LogP contribution in [-0.2, 0) is 9.53 Å². The third-order valence-corrected chi connectivity index (χ3v) is 3.04. The summed E-state index contributed by atoms with van der Waals surface area (Å²) in [5, 5.41) is 0. The summed E-state index contributed by atoms with van der Waals surface area (Å²) in [6, 6.07) is 0. The molecule has 0 heterocycles.